The van der Waals surface area contributed by atoms with Crippen molar-refractivity contribution in [3.8, 4) is 0 Å². The Morgan fingerprint density at radius 3 is 2.84 bits per heavy atom. The fraction of sp³-hybridized carbons (Fsp3) is 0.429. The summed E-state index contributed by atoms with van der Waals surface area (Å²) in [7, 11) is 0. The lowest BCUT2D eigenvalue weighted by molar-refractivity contribution is -0.116. The van der Waals surface area contributed by atoms with Crippen molar-refractivity contribution < 1.29 is 9.21 Å². The van der Waals surface area contributed by atoms with Crippen LogP contribution in [0.15, 0.2) is 27.4 Å². The van der Waals surface area contributed by atoms with Gasteiger partial charge in [-0.1, -0.05) is 25.8 Å². The Morgan fingerprint density at radius 2 is 2.16 bits per heavy atom. The smallest absolute Gasteiger partial charge is 0.408 e. The molecule has 1 amide bonds. The number of para-hydroxylation sites is 1. The third kappa shape index (κ3) is 2.86. The highest BCUT2D eigenvalue weighted by atomic mass is 16.4. The van der Waals surface area contributed by atoms with Crippen molar-refractivity contribution in [2.75, 3.05) is 11.4 Å². The topological polar surface area (TPSA) is 66.3 Å². The first-order valence-electron chi connectivity index (χ1n) is 6.53. The van der Waals surface area contributed by atoms with E-state index in [1.807, 2.05) is 6.07 Å². The zero-order valence-corrected chi connectivity index (χ0v) is 11.2. The predicted molar refractivity (Wildman–Crippen MR) is 74.4 cm³/mol. The van der Waals surface area contributed by atoms with E-state index < -0.39 is 5.76 Å². The molecule has 0 atom stereocenters. The normalized spacial score (nSPS) is 10.8. The predicted octanol–water partition coefficient (Wildman–Crippen LogP) is 2.66. The van der Waals surface area contributed by atoms with Gasteiger partial charge in [-0.2, -0.15) is 0 Å². The summed E-state index contributed by atoms with van der Waals surface area (Å²) in [6.45, 7) is 4.30. The number of nitrogens with one attached hydrogen (secondary N) is 1. The quantitative estimate of drug-likeness (QED) is 0.842. The first kappa shape index (κ1) is 13.4. The molecule has 2 aromatic rings. The SMILES string of the molecule is CCCCCN(C(C)=O)c1cccc2oc(=O)[nH]c12. The third-order valence-electron chi connectivity index (χ3n) is 3.09. The van der Waals surface area contributed by atoms with Crippen LogP contribution in [0.4, 0.5) is 5.69 Å². The van der Waals surface area contributed by atoms with Gasteiger partial charge in [0.15, 0.2) is 5.58 Å². The van der Waals surface area contributed by atoms with E-state index in [0.717, 1.165) is 19.3 Å². The van der Waals surface area contributed by atoms with Crippen LogP contribution in [0.3, 0.4) is 0 Å². The van der Waals surface area contributed by atoms with Crippen molar-refractivity contribution in [1.82, 2.24) is 4.98 Å². The van der Waals surface area contributed by atoms with Crippen molar-refractivity contribution in [2.24, 2.45) is 0 Å². The molecule has 5 heteroatoms. The van der Waals surface area contributed by atoms with Gasteiger partial charge in [0, 0.05) is 13.5 Å². The number of amides is 1. The maximum Gasteiger partial charge on any atom is 0.417 e. The number of aromatic nitrogens is 1. The van der Waals surface area contributed by atoms with Crippen LogP contribution < -0.4 is 10.7 Å². The number of hydrogen-bond acceptors (Lipinski definition) is 3. The number of benzene rings is 1. The summed E-state index contributed by atoms with van der Waals surface area (Å²) in [5.41, 5.74) is 1.76. The number of unbranched alkanes of at least 4 members (excludes halogenated alkanes) is 2. The molecule has 1 N–H and O–H groups in total. The van der Waals surface area contributed by atoms with Gasteiger partial charge < -0.3 is 9.32 Å². The van der Waals surface area contributed by atoms with Crippen molar-refractivity contribution in [3.05, 3.63) is 28.7 Å². The molecule has 0 aliphatic rings. The number of carbonyl (C=O) groups is 1. The lowest BCUT2D eigenvalue weighted by atomic mass is 10.2. The lowest BCUT2D eigenvalue weighted by Crippen LogP contribution is -2.29. The zero-order valence-electron chi connectivity index (χ0n) is 11.2. The molecule has 0 spiro atoms. The third-order valence-corrected chi connectivity index (χ3v) is 3.09. The summed E-state index contributed by atoms with van der Waals surface area (Å²) in [6, 6.07) is 5.31. The first-order valence-corrected chi connectivity index (χ1v) is 6.53. The number of nitrogens with zero attached hydrogens (tertiary/aromatic N) is 1. The number of rotatable bonds is 5. The van der Waals surface area contributed by atoms with Gasteiger partial charge in [-0.15, -0.1) is 0 Å². The Labute approximate surface area is 111 Å². The molecule has 0 saturated carbocycles. The van der Waals surface area contributed by atoms with Crippen LogP contribution in [0.25, 0.3) is 11.1 Å². The van der Waals surface area contributed by atoms with Gasteiger partial charge >= 0.3 is 5.76 Å². The molecule has 0 unspecified atom stereocenters. The lowest BCUT2D eigenvalue weighted by Gasteiger charge is -2.21. The Hall–Kier alpha value is -2.04. The fourth-order valence-electron chi connectivity index (χ4n) is 2.15. The molecular weight excluding hydrogens is 244 g/mol. The van der Waals surface area contributed by atoms with Crippen molar-refractivity contribution >= 4 is 22.7 Å². The molecule has 1 aromatic heterocycles. The number of hydrogen-bond donors (Lipinski definition) is 1. The van der Waals surface area contributed by atoms with Gasteiger partial charge in [-0.05, 0) is 18.6 Å². The number of H-pyrrole nitrogens is 1. The van der Waals surface area contributed by atoms with E-state index in [9.17, 15) is 9.59 Å². The Kier molecular flexibility index (Phi) is 4.04. The number of fused-ring (bicyclic) bond motifs is 1. The molecule has 0 fully saturated rings. The fourth-order valence-corrected chi connectivity index (χ4v) is 2.15. The van der Waals surface area contributed by atoms with Crippen LogP contribution in [0, 0.1) is 0 Å². The minimum Gasteiger partial charge on any atom is -0.408 e. The molecule has 1 heterocycles. The summed E-state index contributed by atoms with van der Waals surface area (Å²) in [4.78, 5) is 27.4. The molecule has 2 rings (SSSR count). The van der Waals surface area contributed by atoms with E-state index in [1.165, 1.54) is 6.92 Å². The van der Waals surface area contributed by atoms with Crippen LogP contribution in [-0.4, -0.2) is 17.4 Å². The van der Waals surface area contributed by atoms with Gasteiger partial charge in [-0.25, -0.2) is 4.79 Å². The average molecular weight is 262 g/mol. The molecule has 19 heavy (non-hydrogen) atoms. The summed E-state index contributed by atoms with van der Waals surface area (Å²) < 4.78 is 5.02. The molecule has 1 aromatic carbocycles. The summed E-state index contributed by atoms with van der Waals surface area (Å²) in [5, 5.41) is 0. The maximum atomic E-state index is 11.8. The van der Waals surface area contributed by atoms with Crippen LogP contribution >= 0.6 is 0 Å². The largest absolute Gasteiger partial charge is 0.417 e. The zero-order chi connectivity index (χ0) is 13.8. The summed E-state index contributed by atoms with van der Waals surface area (Å²) in [6.07, 6.45) is 3.11. The van der Waals surface area contributed by atoms with Crippen molar-refractivity contribution in [1.29, 1.82) is 0 Å². The Balaban J connectivity index is 2.38. The van der Waals surface area contributed by atoms with Gasteiger partial charge in [-0.3, -0.25) is 9.78 Å². The van der Waals surface area contributed by atoms with E-state index in [-0.39, 0.29) is 5.91 Å². The van der Waals surface area contributed by atoms with Gasteiger partial charge in [0.1, 0.15) is 5.52 Å². The van der Waals surface area contributed by atoms with E-state index in [4.69, 9.17) is 4.42 Å². The van der Waals surface area contributed by atoms with Crippen LogP contribution in [-0.2, 0) is 4.79 Å². The molecule has 0 aliphatic heterocycles. The molecule has 0 aliphatic carbocycles. The van der Waals surface area contributed by atoms with Crippen LogP contribution in [0.5, 0.6) is 0 Å². The highest BCUT2D eigenvalue weighted by Crippen LogP contribution is 2.24. The van der Waals surface area contributed by atoms with E-state index in [1.54, 1.807) is 17.0 Å². The Morgan fingerprint density at radius 1 is 1.37 bits per heavy atom. The maximum absolute atomic E-state index is 11.8. The molecular formula is C14H18N2O3. The van der Waals surface area contributed by atoms with Crippen LogP contribution in [0.1, 0.15) is 33.1 Å². The molecule has 0 radical (unpaired) electrons. The Bertz CT molecular complexity index is 627. The number of aromatic amines is 1. The second kappa shape index (κ2) is 5.73. The monoisotopic (exact) mass is 262 g/mol. The van der Waals surface area contributed by atoms with E-state index in [0.29, 0.717) is 23.3 Å². The van der Waals surface area contributed by atoms with Crippen molar-refractivity contribution in [3.63, 3.8) is 0 Å². The summed E-state index contributed by atoms with van der Waals surface area (Å²) in [5.74, 6) is -0.537. The van der Waals surface area contributed by atoms with E-state index in [2.05, 4.69) is 11.9 Å². The molecule has 102 valence electrons. The second-order valence-corrected chi connectivity index (χ2v) is 4.54. The first-order chi connectivity index (χ1) is 9.13. The minimum atomic E-state index is -0.500. The second-order valence-electron chi connectivity index (χ2n) is 4.54. The molecule has 0 saturated heterocycles. The van der Waals surface area contributed by atoms with Gasteiger partial charge in [0.25, 0.3) is 0 Å². The number of carbonyl (C=O) groups excluding carboxylic acids is 1. The highest BCUT2D eigenvalue weighted by molar-refractivity contribution is 5.99. The van der Waals surface area contributed by atoms with E-state index >= 15 is 0 Å². The van der Waals surface area contributed by atoms with Crippen LogP contribution in [0.2, 0.25) is 0 Å². The highest BCUT2D eigenvalue weighted by Gasteiger charge is 2.16. The standard InChI is InChI=1S/C14H18N2O3/c1-3-4-5-9-16(10(2)17)11-7-6-8-12-13(11)15-14(18)19-12/h6-8H,3-5,9H2,1-2H3,(H,15,18). The van der Waals surface area contributed by atoms with Crippen molar-refractivity contribution in [2.45, 2.75) is 33.1 Å². The van der Waals surface area contributed by atoms with Gasteiger partial charge in [0.2, 0.25) is 5.91 Å². The number of anilines is 1. The number of oxazole rings is 1. The minimum absolute atomic E-state index is 0.0364. The van der Waals surface area contributed by atoms with Gasteiger partial charge in [0.05, 0.1) is 5.69 Å². The molecule has 0 bridgehead atoms. The molecule has 5 nitrogen and oxygen atoms in total. The summed E-state index contributed by atoms with van der Waals surface area (Å²) >= 11 is 0. The average Bonchev–Trinajstić information content (AvgIpc) is 2.74.